The van der Waals surface area contributed by atoms with E-state index in [2.05, 4.69) is 10.6 Å². The fourth-order valence-corrected chi connectivity index (χ4v) is 8.66. The number of aliphatic hydroxyl groups is 1. The Bertz CT molecular complexity index is 2050. The number of aliphatic hydroxyl groups excluding tert-OH is 1. The van der Waals surface area contributed by atoms with Crippen molar-refractivity contribution < 1.29 is 57.6 Å². The molecule has 4 saturated heterocycles. The first-order valence-electron chi connectivity index (χ1n) is 19.4. The minimum Gasteiger partial charge on any atom is -0.462 e. The molecule has 3 aromatic rings. The molecule has 4 aliphatic heterocycles. The van der Waals surface area contributed by atoms with Crippen LogP contribution in [0.5, 0.6) is 0 Å². The number of carbonyl (C=O) groups is 5. The summed E-state index contributed by atoms with van der Waals surface area (Å²) >= 11 is 0. The number of fused-ring (bicyclic) bond motifs is 4. The van der Waals surface area contributed by atoms with Crippen LogP contribution in [0.15, 0.2) is 91.0 Å². The van der Waals surface area contributed by atoms with E-state index in [0.717, 1.165) is 0 Å². The highest BCUT2D eigenvalue weighted by molar-refractivity contribution is 5.94. The molecular weight excluding hydrogens is 750 g/mol. The zero-order valence-electron chi connectivity index (χ0n) is 32.0. The number of amides is 2. The summed E-state index contributed by atoms with van der Waals surface area (Å²) in [6.07, 6.45) is -1.82. The van der Waals surface area contributed by atoms with E-state index in [1.807, 2.05) is 66.7 Å². The van der Waals surface area contributed by atoms with E-state index in [-0.39, 0.29) is 51.6 Å². The number of esters is 3. The Balaban J connectivity index is 1.09. The van der Waals surface area contributed by atoms with Crippen LogP contribution in [0.1, 0.15) is 48.9 Å². The Hall–Kier alpha value is -5.45. The van der Waals surface area contributed by atoms with Crippen LogP contribution in [0.25, 0.3) is 6.08 Å². The molecule has 15 nitrogen and oxygen atoms in total. The van der Waals surface area contributed by atoms with Gasteiger partial charge in [-0.1, -0.05) is 98.8 Å². The first-order valence-corrected chi connectivity index (χ1v) is 19.4. The van der Waals surface area contributed by atoms with Crippen LogP contribution in [0.3, 0.4) is 0 Å². The maximum absolute atomic E-state index is 14.6. The molecule has 0 aromatic heterocycles. The number of hydrogen-bond acceptors (Lipinski definition) is 13. The van der Waals surface area contributed by atoms with Gasteiger partial charge in [0, 0.05) is 48.5 Å². The van der Waals surface area contributed by atoms with Crippen molar-refractivity contribution in [3.05, 3.63) is 113 Å². The molecule has 0 radical (unpaired) electrons. The average Bonchev–Trinajstić information content (AvgIpc) is 3.88. The Kier molecular flexibility index (Phi) is 10.7. The number of benzene rings is 3. The van der Waals surface area contributed by atoms with Gasteiger partial charge >= 0.3 is 17.9 Å². The predicted octanol–water partition coefficient (Wildman–Crippen LogP) is 2.29. The molecule has 0 spiro atoms. The minimum absolute atomic E-state index is 0.0311. The molecule has 5 fully saturated rings. The van der Waals surface area contributed by atoms with Crippen LogP contribution in [0.2, 0.25) is 0 Å². The van der Waals surface area contributed by atoms with Gasteiger partial charge in [0.15, 0.2) is 6.04 Å². The smallest absolute Gasteiger partial charge is 0.348 e. The second kappa shape index (κ2) is 15.7. The standard InChI is InChI=1S/C43H45N3O12/c1-41(2)25-53-39(51)37(41)55-32(49)17-16-26-10-9-11-27(22-26)24-46-35-38(50)54-30-23-42(35,40(52)45-19-18-31(48)44-20-21-47)36(58-46)34-33(30)56-43(57-34,28-12-5-3-6-13-28)29-14-7-4-8-15-29/h3-17,22,30,33-37,47H,18-21,23-25H2,1-2H3,(H,44,48)(H,45,52)/t30-,33-,34-,35-,36+,37-,42-/m0/s1. The van der Waals surface area contributed by atoms with Crippen molar-refractivity contribution in [2.24, 2.45) is 10.8 Å². The van der Waals surface area contributed by atoms with Crippen LogP contribution in [0, 0.1) is 10.8 Å². The molecule has 58 heavy (non-hydrogen) atoms. The van der Waals surface area contributed by atoms with E-state index in [1.54, 1.807) is 38.1 Å². The molecule has 4 heterocycles. The minimum atomic E-state index is -1.51. The van der Waals surface area contributed by atoms with E-state index < -0.39 is 77.0 Å². The highest BCUT2D eigenvalue weighted by Crippen LogP contribution is 2.59. The van der Waals surface area contributed by atoms with Gasteiger partial charge in [-0.2, -0.15) is 5.06 Å². The SMILES string of the molecule is CC1(C)COC(=O)[C@@H]1OC(=O)C=Cc1cccc(CN2O[C@@H]3[C@H]4OC(c5ccccc5)(c5ccccc5)O[C@H]4[C@@H]4C[C@]3(C(=O)NCCC(=O)NCCO)[C@@H]2C(=O)O4)c1. The van der Waals surface area contributed by atoms with Gasteiger partial charge in [-0.3, -0.25) is 19.2 Å². The molecule has 3 aromatic carbocycles. The summed E-state index contributed by atoms with van der Waals surface area (Å²) in [5.74, 6) is -4.23. The number of hydroxylamine groups is 2. The summed E-state index contributed by atoms with van der Waals surface area (Å²) in [5, 5.41) is 16.0. The molecule has 1 aliphatic carbocycles. The summed E-state index contributed by atoms with van der Waals surface area (Å²) in [5.41, 5.74) is 0.555. The lowest BCUT2D eigenvalue weighted by Crippen LogP contribution is -2.69. The van der Waals surface area contributed by atoms with Crippen LogP contribution < -0.4 is 10.6 Å². The van der Waals surface area contributed by atoms with E-state index >= 15 is 0 Å². The van der Waals surface area contributed by atoms with E-state index in [1.165, 1.54) is 11.1 Å². The van der Waals surface area contributed by atoms with Crippen molar-refractivity contribution in [1.82, 2.24) is 15.7 Å². The number of hydrogen-bond donors (Lipinski definition) is 3. The quantitative estimate of drug-likeness (QED) is 0.130. The van der Waals surface area contributed by atoms with Crippen LogP contribution in [-0.2, 0) is 64.8 Å². The molecule has 304 valence electrons. The monoisotopic (exact) mass is 795 g/mol. The predicted molar refractivity (Wildman–Crippen MR) is 202 cm³/mol. The van der Waals surface area contributed by atoms with Crippen LogP contribution in [-0.4, -0.2) is 103 Å². The number of ether oxygens (including phenoxy) is 5. The van der Waals surface area contributed by atoms with Crippen molar-refractivity contribution >= 4 is 35.8 Å². The number of rotatable bonds is 13. The normalized spacial score (nSPS) is 29.0. The first kappa shape index (κ1) is 39.4. The largest absolute Gasteiger partial charge is 0.462 e. The molecular formula is C43H45N3O12. The van der Waals surface area contributed by atoms with Gasteiger partial charge in [0.2, 0.25) is 23.7 Å². The Morgan fingerprint density at radius 1 is 0.897 bits per heavy atom. The molecule has 5 aliphatic rings. The number of cyclic esters (lactones) is 1. The molecule has 1 saturated carbocycles. The van der Waals surface area contributed by atoms with Crippen molar-refractivity contribution in [3.63, 3.8) is 0 Å². The van der Waals surface area contributed by atoms with Gasteiger partial charge in [-0.05, 0) is 17.2 Å². The Morgan fingerprint density at radius 3 is 2.28 bits per heavy atom. The third-order valence-electron chi connectivity index (χ3n) is 11.4. The fraction of sp³-hybridized carbons (Fsp3) is 0.419. The second-order valence-electron chi connectivity index (χ2n) is 15.8. The fourth-order valence-electron chi connectivity index (χ4n) is 8.66. The number of nitrogens with one attached hydrogen (secondary N) is 2. The highest BCUT2D eigenvalue weighted by atomic mass is 16.8. The van der Waals surface area contributed by atoms with E-state index in [9.17, 15) is 24.0 Å². The first-order chi connectivity index (χ1) is 27.9. The lowest BCUT2D eigenvalue weighted by Gasteiger charge is -2.48. The van der Waals surface area contributed by atoms with Crippen molar-refractivity contribution in [2.45, 2.75) is 75.6 Å². The van der Waals surface area contributed by atoms with Gasteiger partial charge < -0.3 is 39.4 Å². The van der Waals surface area contributed by atoms with E-state index in [4.69, 9.17) is 33.6 Å². The zero-order chi connectivity index (χ0) is 40.7. The third-order valence-corrected chi connectivity index (χ3v) is 11.4. The maximum atomic E-state index is 14.6. The summed E-state index contributed by atoms with van der Waals surface area (Å²) in [7, 11) is 0. The second-order valence-corrected chi connectivity index (χ2v) is 15.8. The zero-order valence-corrected chi connectivity index (χ0v) is 32.0. The summed E-state index contributed by atoms with van der Waals surface area (Å²) in [4.78, 5) is 72.8. The van der Waals surface area contributed by atoms with Crippen molar-refractivity contribution in [2.75, 3.05) is 26.3 Å². The topological polar surface area (TPSA) is 188 Å². The van der Waals surface area contributed by atoms with Gasteiger partial charge in [-0.15, -0.1) is 0 Å². The van der Waals surface area contributed by atoms with Crippen LogP contribution in [0.4, 0.5) is 0 Å². The van der Waals surface area contributed by atoms with Gasteiger partial charge in [0.1, 0.15) is 36.4 Å². The number of nitrogens with zero attached hydrogens (tertiary/aromatic N) is 1. The van der Waals surface area contributed by atoms with Crippen molar-refractivity contribution in [3.8, 4) is 0 Å². The molecule has 2 bridgehead atoms. The molecule has 7 atom stereocenters. The molecule has 3 N–H and O–H groups in total. The van der Waals surface area contributed by atoms with Gasteiger partial charge in [0.25, 0.3) is 0 Å². The molecule has 0 unspecified atom stereocenters. The Labute approximate surface area is 334 Å². The Morgan fingerprint density at radius 2 is 1.60 bits per heavy atom. The summed E-state index contributed by atoms with van der Waals surface area (Å²) in [6.45, 7) is 3.58. The summed E-state index contributed by atoms with van der Waals surface area (Å²) < 4.78 is 30.5. The molecule has 2 amide bonds. The lowest BCUT2D eigenvalue weighted by atomic mass is 9.62. The van der Waals surface area contributed by atoms with E-state index in [0.29, 0.717) is 22.3 Å². The number of carbonyl (C=O) groups excluding carboxylic acids is 5. The third kappa shape index (κ3) is 7.06. The lowest BCUT2D eigenvalue weighted by molar-refractivity contribution is -0.213. The average molecular weight is 796 g/mol. The van der Waals surface area contributed by atoms with Gasteiger partial charge in [0.05, 0.1) is 13.2 Å². The van der Waals surface area contributed by atoms with Crippen LogP contribution >= 0.6 is 0 Å². The molecule has 8 rings (SSSR count). The maximum Gasteiger partial charge on any atom is 0.348 e. The van der Waals surface area contributed by atoms with Crippen molar-refractivity contribution in [1.29, 1.82) is 0 Å². The molecule has 15 heteroatoms. The highest BCUT2D eigenvalue weighted by Gasteiger charge is 2.76. The van der Waals surface area contributed by atoms with Gasteiger partial charge in [-0.25, -0.2) is 9.59 Å². The summed E-state index contributed by atoms with van der Waals surface area (Å²) in [6, 6.07) is 24.8.